The summed E-state index contributed by atoms with van der Waals surface area (Å²) in [7, 11) is 0. The Morgan fingerprint density at radius 1 is 0.583 bits per heavy atom. The zero-order valence-electron chi connectivity index (χ0n) is 7.45. The zero-order valence-corrected chi connectivity index (χ0v) is 7.45. The highest BCUT2D eigenvalue weighted by Gasteiger charge is 1.80. The van der Waals surface area contributed by atoms with Crippen molar-refractivity contribution in [1.29, 1.82) is 0 Å². The summed E-state index contributed by atoms with van der Waals surface area (Å²) < 4.78 is 0. The molecule has 0 aliphatic heterocycles. The molecular weight excluding hydrogens is 144 g/mol. The van der Waals surface area contributed by atoms with Crippen LogP contribution in [0.25, 0.3) is 0 Å². The number of allylic oxidation sites excluding steroid dienone is 8. The first-order valence-corrected chi connectivity index (χ1v) is 4.63. The molecule has 0 nitrogen and oxygen atoms in total. The molecule has 0 heterocycles. The summed E-state index contributed by atoms with van der Waals surface area (Å²) in [5.74, 6) is 0. The Morgan fingerprint density at radius 2 is 1.33 bits per heavy atom. The van der Waals surface area contributed by atoms with Crippen molar-refractivity contribution in [3.63, 3.8) is 0 Å². The second kappa shape index (κ2) is 6.66. The summed E-state index contributed by atoms with van der Waals surface area (Å²) in [6.45, 7) is 0. The van der Waals surface area contributed by atoms with E-state index in [2.05, 4.69) is 48.6 Å². The normalized spacial score (nSPS) is 24.0. The van der Waals surface area contributed by atoms with E-state index < -0.39 is 0 Å². The van der Waals surface area contributed by atoms with Gasteiger partial charge >= 0.3 is 0 Å². The van der Waals surface area contributed by atoms with Crippen LogP contribution in [0.4, 0.5) is 0 Å². The van der Waals surface area contributed by atoms with Crippen molar-refractivity contribution >= 4 is 0 Å². The van der Waals surface area contributed by atoms with Gasteiger partial charge in [-0.3, -0.25) is 0 Å². The van der Waals surface area contributed by atoms with Crippen molar-refractivity contribution in [2.75, 3.05) is 0 Å². The van der Waals surface area contributed by atoms with Crippen molar-refractivity contribution in [2.24, 2.45) is 0 Å². The van der Waals surface area contributed by atoms with E-state index >= 15 is 0 Å². The molecular formula is C12H16. The van der Waals surface area contributed by atoms with Crippen LogP contribution in [-0.4, -0.2) is 0 Å². The van der Waals surface area contributed by atoms with Crippen LogP contribution >= 0.6 is 0 Å². The highest BCUT2D eigenvalue weighted by molar-refractivity contribution is 5.12. The van der Waals surface area contributed by atoms with Gasteiger partial charge in [0.15, 0.2) is 0 Å². The van der Waals surface area contributed by atoms with Gasteiger partial charge in [0.05, 0.1) is 0 Å². The fourth-order valence-corrected chi connectivity index (χ4v) is 1.11. The minimum atomic E-state index is 1.06. The van der Waals surface area contributed by atoms with Gasteiger partial charge in [0, 0.05) is 0 Å². The molecule has 0 heteroatoms. The lowest BCUT2D eigenvalue weighted by atomic mass is 10.2. The SMILES string of the molecule is C1=C/C=C\C/C=C/CCCC=C1. The molecule has 0 N–H and O–H groups in total. The Morgan fingerprint density at radius 3 is 2.25 bits per heavy atom. The lowest BCUT2D eigenvalue weighted by Gasteiger charge is -1.90. The molecule has 0 aromatic carbocycles. The molecule has 0 aromatic heterocycles. The predicted molar refractivity (Wildman–Crippen MR) is 55.0 cm³/mol. The molecule has 0 bridgehead atoms. The Kier molecular flexibility index (Phi) is 5.02. The van der Waals surface area contributed by atoms with Crippen LogP contribution in [0.1, 0.15) is 25.7 Å². The zero-order chi connectivity index (χ0) is 8.49. The number of hydrogen-bond acceptors (Lipinski definition) is 0. The Bertz CT molecular complexity index is 204. The Hall–Kier alpha value is -1.04. The van der Waals surface area contributed by atoms with E-state index in [9.17, 15) is 0 Å². The fourth-order valence-electron chi connectivity index (χ4n) is 1.11. The molecule has 1 aliphatic carbocycles. The standard InChI is InChI=1S/C12H16/c1-2-4-6-8-10-12-11-9-7-5-3-1/h1-6,9,11H,7-8,10,12H2/b2-1?,5-3-,6-4?,11-9+. The van der Waals surface area contributed by atoms with E-state index in [0.717, 1.165) is 6.42 Å². The van der Waals surface area contributed by atoms with Crippen LogP contribution in [0.2, 0.25) is 0 Å². The van der Waals surface area contributed by atoms with Gasteiger partial charge in [-0.1, -0.05) is 48.6 Å². The molecule has 0 saturated heterocycles. The second-order valence-electron chi connectivity index (χ2n) is 2.88. The number of rotatable bonds is 0. The van der Waals surface area contributed by atoms with E-state index in [1.807, 2.05) is 0 Å². The van der Waals surface area contributed by atoms with Crippen LogP contribution in [-0.2, 0) is 0 Å². The van der Waals surface area contributed by atoms with Crippen molar-refractivity contribution in [1.82, 2.24) is 0 Å². The fraction of sp³-hybridized carbons (Fsp3) is 0.333. The molecule has 1 aliphatic rings. The summed E-state index contributed by atoms with van der Waals surface area (Å²) in [4.78, 5) is 0. The summed E-state index contributed by atoms with van der Waals surface area (Å²) in [6, 6.07) is 0. The smallest absolute Gasteiger partial charge is 0.0166 e. The van der Waals surface area contributed by atoms with E-state index in [-0.39, 0.29) is 0 Å². The maximum Gasteiger partial charge on any atom is -0.0166 e. The third-order valence-corrected chi connectivity index (χ3v) is 1.79. The largest absolute Gasteiger partial charge is 0.0882 e. The first kappa shape index (κ1) is 9.05. The first-order valence-electron chi connectivity index (χ1n) is 4.63. The van der Waals surface area contributed by atoms with Gasteiger partial charge < -0.3 is 0 Å². The third kappa shape index (κ3) is 4.73. The molecule has 64 valence electrons. The van der Waals surface area contributed by atoms with Gasteiger partial charge in [-0.25, -0.2) is 0 Å². The average molecular weight is 160 g/mol. The second-order valence-corrected chi connectivity index (χ2v) is 2.88. The lowest BCUT2D eigenvalue weighted by molar-refractivity contribution is 0.866. The van der Waals surface area contributed by atoms with Gasteiger partial charge in [-0.15, -0.1) is 0 Å². The van der Waals surface area contributed by atoms with Gasteiger partial charge in [-0.05, 0) is 25.7 Å². The molecule has 0 saturated carbocycles. The van der Waals surface area contributed by atoms with E-state index in [1.165, 1.54) is 19.3 Å². The van der Waals surface area contributed by atoms with E-state index in [0.29, 0.717) is 0 Å². The number of hydrogen-bond donors (Lipinski definition) is 0. The molecule has 12 heavy (non-hydrogen) atoms. The Labute approximate surface area is 75.0 Å². The van der Waals surface area contributed by atoms with Crippen molar-refractivity contribution < 1.29 is 0 Å². The lowest BCUT2D eigenvalue weighted by Crippen LogP contribution is -1.69. The first-order chi connectivity index (χ1) is 6.00. The van der Waals surface area contributed by atoms with E-state index in [1.54, 1.807) is 0 Å². The molecule has 1 rings (SSSR count). The van der Waals surface area contributed by atoms with Crippen LogP contribution in [0.5, 0.6) is 0 Å². The maximum atomic E-state index is 2.27. The molecule has 0 unspecified atom stereocenters. The topological polar surface area (TPSA) is 0 Å². The maximum absolute atomic E-state index is 2.27. The van der Waals surface area contributed by atoms with Crippen LogP contribution in [0.15, 0.2) is 48.6 Å². The highest BCUT2D eigenvalue weighted by atomic mass is 13.9. The summed E-state index contributed by atoms with van der Waals surface area (Å²) in [5.41, 5.74) is 0. The van der Waals surface area contributed by atoms with Crippen LogP contribution < -0.4 is 0 Å². The average Bonchev–Trinajstić information content (AvgIpc) is 2.05. The highest BCUT2D eigenvalue weighted by Crippen LogP contribution is 2.00. The Balaban J connectivity index is 2.42. The van der Waals surface area contributed by atoms with Crippen LogP contribution in [0.3, 0.4) is 0 Å². The van der Waals surface area contributed by atoms with Gasteiger partial charge in [0.1, 0.15) is 0 Å². The van der Waals surface area contributed by atoms with Gasteiger partial charge in [0.25, 0.3) is 0 Å². The minimum absolute atomic E-state index is 1.06. The minimum Gasteiger partial charge on any atom is -0.0882 e. The predicted octanol–water partition coefficient (Wildman–Crippen LogP) is 3.79. The van der Waals surface area contributed by atoms with Gasteiger partial charge in [0.2, 0.25) is 0 Å². The molecule has 0 spiro atoms. The van der Waals surface area contributed by atoms with Crippen LogP contribution in [0, 0.1) is 0 Å². The van der Waals surface area contributed by atoms with Crippen molar-refractivity contribution in [2.45, 2.75) is 25.7 Å². The van der Waals surface area contributed by atoms with Crippen molar-refractivity contribution in [3.05, 3.63) is 48.6 Å². The molecule has 0 radical (unpaired) electrons. The monoisotopic (exact) mass is 160 g/mol. The summed E-state index contributed by atoms with van der Waals surface area (Å²) in [6.07, 6.45) is 22.0. The van der Waals surface area contributed by atoms with Gasteiger partial charge in [-0.2, -0.15) is 0 Å². The summed E-state index contributed by atoms with van der Waals surface area (Å²) in [5, 5.41) is 0. The summed E-state index contributed by atoms with van der Waals surface area (Å²) >= 11 is 0. The van der Waals surface area contributed by atoms with Crippen molar-refractivity contribution in [3.8, 4) is 0 Å². The van der Waals surface area contributed by atoms with E-state index in [4.69, 9.17) is 0 Å². The molecule has 0 atom stereocenters. The molecule has 0 fully saturated rings. The molecule has 0 amide bonds. The quantitative estimate of drug-likeness (QED) is 0.473. The molecule has 0 aromatic rings. The third-order valence-electron chi connectivity index (χ3n) is 1.79.